The molecule has 32 heavy (non-hydrogen) atoms. The molecule has 1 heterocycles. The Kier molecular flexibility index (Phi) is 6.93. The van der Waals surface area contributed by atoms with Gasteiger partial charge in [0.15, 0.2) is 11.0 Å². The highest BCUT2D eigenvalue weighted by molar-refractivity contribution is 7.98. The number of halogens is 1. The monoisotopic (exact) mass is 462 g/mol. The number of carbonyl (C=O) groups excluding carboxylic acids is 1. The number of hydrogen-bond acceptors (Lipinski definition) is 4. The normalized spacial score (nSPS) is 10.8. The van der Waals surface area contributed by atoms with Gasteiger partial charge in [-0.05, 0) is 55.3 Å². The van der Waals surface area contributed by atoms with Gasteiger partial charge in [-0.1, -0.05) is 71.4 Å². The standard InChI is InChI=1S/C25H23ClN4OS/c1-17-10-12-22(13-11-17)30-23(15-27-24(31)19-8-5-9-21(26)14-19)28-29-25(30)32-16-20-7-4-3-6-18(20)2/h3-14H,15-16H2,1-2H3,(H,27,31). The Bertz CT molecular complexity index is 1240. The SMILES string of the molecule is Cc1ccc(-n2c(CNC(=O)c3cccc(Cl)c3)nnc2SCc2ccccc2C)cc1. The van der Waals surface area contributed by atoms with E-state index in [0.717, 1.165) is 16.6 Å². The number of aromatic nitrogens is 3. The molecule has 1 aromatic heterocycles. The number of rotatable bonds is 7. The minimum atomic E-state index is -0.208. The number of thioether (sulfide) groups is 1. The van der Waals surface area contributed by atoms with Crippen molar-refractivity contribution in [2.24, 2.45) is 0 Å². The van der Waals surface area contributed by atoms with Crippen molar-refractivity contribution in [3.05, 3.63) is 106 Å². The molecule has 0 aliphatic rings. The van der Waals surface area contributed by atoms with Crippen LogP contribution in [0, 0.1) is 13.8 Å². The predicted octanol–water partition coefficient (Wildman–Crippen LogP) is 5.76. The van der Waals surface area contributed by atoms with E-state index in [-0.39, 0.29) is 12.5 Å². The van der Waals surface area contributed by atoms with E-state index in [1.165, 1.54) is 16.7 Å². The Balaban J connectivity index is 1.58. The van der Waals surface area contributed by atoms with Gasteiger partial charge in [0.1, 0.15) is 0 Å². The third kappa shape index (κ3) is 5.21. The second-order valence-corrected chi connectivity index (χ2v) is 8.86. The number of amides is 1. The lowest BCUT2D eigenvalue weighted by atomic mass is 10.1. The lowest BCUT2D eigenvalue weighted by Crippen LogP contribution is -2.24. The van der Waals surface area contributed by atoms with E-state index in [2.05, 4.69) is 53.6 Å². The zero-order chi connectivity index (χ0) is 22.5. The molecule has 4 rings (SSSR count). The Morgan fingerprint density at radius 2 is 1.78 bits per heavy atom. The summed E-state index contributed by atoms with van der Waals surface area (Å²) in [6.07, 6.45) is 0. The fraction of sp³-hybridized carbons (Fsp3) is 0.160. The zero-order valence-corrected chi connectivity index (χ0v) is 19.5. The molecule has 3 aromatic carbocycles. The zero-order valence-electron chi connectivity index (χ0n) is 17.9. The predicted molar refractivity (Wildman–Crippen MR) is 129 cm³/mol. The lowest BCUT2D eigenvalue weighted by Gasteiger charge is -2.12. The van der Waals surface area contributed by atoms with E-state index in [1.54, 1.807) is 36.0 Å². The van der Waals surface area contributed by atoms with E-state index >= 15 is 0 Å². The van der Waals surface area contributed by atoms with E-state index in [1.807, 2.05) is 28.8 Å². The Hall–Kier alpha value is -3.09. The first-order valence-electron chi connectivity index (χ1n) is 10.2. The van der Waals surface area contributed by atoms with Crippen molar-refractivity contribution in [2.45, 2.75) is 31.3 Å². The number of aryl methyl sites for hydroxylation is 2. The fourth-order valence-corrected chi connectivity index (χ4v) is 4.50. The van der Waals surface area contributed by atoms with Gasteiger partial charge in [0.2, 0.25) is 0 Å². The maximum atomic E-state index is 12.6. The van der Waals surface area contributed by atoms with Gasteiger partial charge in [0, 0.05) is 22.0 Å². The van der Waals surface area contributed by atoms with E-state index in [0.29, 0.717) is 16.4 Å². The molecule has 7 heteroatoms. The van der Waals surface area contributed by atoms with Crippen LogP contribution in [0.4, 0.5) is 0 Å². The number of nitrogens with one attached hydrogen (secondary N) is 1. The highest BCUT2D eigenvalue weighted by atomic mass is 35.5. The molecular formula is C25H23ClN4OS. The lowest BCUT2D eigenvalue weighted by molar-refractivity contribution is 0.0949. The summed E-state index contributed by atoms with van der Waals surface area (Å²) in [7, 11) is 0. The number of carbonyl (C=O) groups is 1. The molecule has 0 aliphatic carbocycles. The molecule has 0 radical (unpaired) electrons. The minimum Gasteiger partial charge on any atom is -0.345 e. The number of benzene rings is 3. The van der Waals surface area contributed by atoms with Crippen LogP contribution < -0.4 is 5.32 Å². The average Bonchev–Trinajstić information content (AvgIpc) is 3.20. The van der Waals surface area contributed by atoms with Crippen LogP contribution >= 0.6 is 23.4 Å². The summed E-state index contributed by atoms with van der Waals surface area (Å²) in [5, 5.41) is 13.0. The number of hydrogen-bond donors (Lipinski definition) is 1. The molecule has 0 saturated carbocycles. The topological polar surface area (TPSA) is 59.8 Å². The summed E-state index contributed by atoms with van der Waals surface area (Å²) in [4.78, 5) is 12.6. The minimum absolute atomic E-state index is 0.208. The van der Waals surface area contributed by atoms with Crippen molar-refractivity contribution in [3.8, 4) is 5.69 Å². The van der Waals surface area contributed by atoms with Gasteiger partial charge in [-0.25, -0.2) is 0 Å². The van der Waals surface area contributed by atoms with Crippen LogP contribution in [0.25, 0.3) is 5.69 Å². The van der Waals surface area contributed by atoms with Gasteiger partial charge in [-0.3, -0.25) is 9.36 Å². The highest BCUT2D eigenvalue weighted by Crippen LogP contribution is 2.26. The van der Waals surface area contributed by atoms with Crippen molar-refractivity contribution < 1.29 is 4.79 Å². The summed E-state index contributed by atoms with van der Waals surface area (Å²) in [5.74, 6) is 1.24. The molecule has 0 unspecified atom stereocenters. The summed E-state index contributed by atoms with van der Waals surface area (Å²) < 4.78 is 2.00. The second-order valence-electron chi connectivity index (χ2n) is 7.48. The maximum absolute atomic E-state index is 12.6. The summed E-state index contributed by atoms with van der Waals surface area (Å²) >= 11 is 7.64. The molecule has 162 valence electrons. The van der Waals surface area contributed by atoms with Gasteiger partial charge < -0.3 is 5.32 Å². The Labute approximate surface area is 196 Å². The molecule has 0 bridgehead atoms. The quantitative estimate of drug-likeness (QED) is 0.355. The third-order valence-corrected chi connectivity index (χ3v) is 6.32. The summed E-state index contributed by atoms with van der Waals surface area (Å²) in [5.41, 5.74) is 5.14. The third-order valence-electron chi connectivity index (χ3n) is 5.10. The highest BCUT2D eigenvalue weighted by Gasteiger charge is 2.16. The van der Waals surface area contributed by atoms with Crippen LogP contribution in [-0.4, -0.2) is 20.7 Å². The largest absolute Gasteiger partial charge is 0.345 e. The van der Waals surface area contributed by atoms with Crippen molar-refractivity contribution >= 4 is 29.3 Å². The van der Waals surface area contributed by atoms with Crippen molar-refractivity contribution in [1.29, 1.82) is 0 Å². The van der Waals surface area contributed by atoms with E-state index in [9.17, 15) is 4.79 Å². The molecule has 0 atom stereocenters. The van der Waals surface area contributed by atoms with Crippen LogP contribution in [0.3, 0.4) is 0 Å². The van der Waals surface area contributed by atoms with E-state index < -0.39 is 0 Å². The molecule has 1 N–H and O–H groups in total. The van der Waals surface area contributed by atoms with Crippen LogP contribution in [0.2, 0.25) is 5.02 Å². The Morgan fingerprint density at radius 3 is 2.53 bits per heavy atom. The van der Waals surface area contributed by atoms with Gasteiger partial charge in [-0.2, -0.15) is 0 Å². The van der Waals surface area contributed by atoms with Crippen LogP contribution in [0.5, 0.6) is 0 Å². The fourth-order valence-electron chi connectivity index (χ4n) is 3.27. The van der Waals surface area contributed by atoms with E-state index in [4.69, 9.17) is 11.6 Å². The first kappa shape index (κ1) is 22.1. The molecular weight excluding hydrogens is 440 g/mol. The van der Waals surface area contributed by atoms with Crippen LogP contribution in [0.1, 0.15) is 32.9 Å². The Morgan fingerprint density at radius 1 is 1.00 bits per heavy atom. The first-order chi connectivity index (χ1) is 15.5. The van der Waals surface area contributed by atoms with Crippen molar-refractivity contribution in [1.82, 2.24) is 20.1 Å². The molecule has 0 spiro atoms. The first-order valence-corrected chi connectivity index (χ1v) is 11.6. The van der Waals surface area contributed by atoms with Crippen molar-refractivity contribution in [3.63, 3.8) is 0 Å². The second kappa shape index (κ2) is 10.0. The summed E-state index contributed by atoms with van der Waals surface area (Å²) in [6.45, 7) is 4.41. The van der Waals surface area contributed by atoms with Gasteiger partial charge in [-0.15, -0.1) is 10.2 Å². The van der Waals surface area contributed by atoms with Crippen LogP contribution in [-0.2, 0) is 12.3 Å². The number of nitrogens with zero attached hydrogens (tertiary/aromatic N) is 3. The van der Waals surface area contributed by atoms with Crippen LogP contribution in [0.15, 0.2) is 78.0 Å². The van der Waals surface area contributed by atoms with Crippen molar-refractivity contribution in [2.75, 3.05) is 0 Å². The molecule has 0 fully saturated rings. The molecule has 0 saturated heterocycles. The van der Waals surface area contributed by atoms with Gasteiger partial charge >= 0.3 is 0 Å². The summed E-state index contributed by atoms with van der Waals surface area (Å²) in [6, 6.07) is 23.4. The van der Waals surface area contributed by atoms with Gasteiger partial charge in [0.25, 0.3) is 5.91 Å². The molecule has 1 amide bonds. The molecule has 4 aromatic rings. The van der Waals surface area contributed by atoms with Gasteiger partial charge in [0.05, 0.1) is 6.54 Å². The molecule has 0 aliphatic heterocycles. The smallest absolute Gasteiger partial charge is 0.251 e. The maximum Gasteiger partial charge on any atom is 0.251 e. The average molecular weight is 463 g/mol. The molecule has 5 nitrogen and oxygen atoms in total.